The van der Waals surface area contributed by atoms with Gasteiger partial charge in [0.2, 0.25) is 0 Å². The third kappa shape index (κ3) is 3.90. The topological polar surface area (TPSA) is 43.2 Å². The van der Waals surface area contributed by atoms with Crippen molar-refractivity contribution in [2.45, 2.75) is 51.0 Å². The number of halogens is 1. The van der Waals surface area contributed by atoms with Gasteiger partial charge in [0.15, 0.2) is 11.6 Å². The van der Waals surface area contributed by atoms with Crippen LogP contribution in [0.25, 0.3) is 0 Å². The highest BCUT2D eigenvalue weighted by atomic mass is 19.1. The van der Waals surface area contributed by atoms with Gasteiger partial charge in [-0.2, -0.15) is 0 Å². The Morgan fingerprint density at radius 3 is 2.92 bits per heavy atom. The Hall–Kier alpha value is -1.95. The van der Waals surface area contributed by atoms with Gasteiger partial charge in [-0.25, -0.2) is 4.39 Å². The maximum Gasteiger partial charge on any atom is 0.165 e. The number of fused-ring (bicyclic) bond motifs is 1. The van der Waals surface area contributed by atoms with Crippen LogP contribution in [0.15, 0.2) is 24.3 Å². The maximum atomic E-state index is 13.6. The fourth-order valence-corrected chi connectivity index (χ4v) is 4.13. The van der Waals surface area contributed by atoms with Crippen LogP contribution >= 0.6 is 0 Å². The zero-order valence-electron chi connectivity index (χ0n) is 15.2. The average Bonchev–Trinajstić information content (AvgIpc) is 2.92. The van der Waals surface area contributed by atoms with Gasteiger partial charge in [-0.05, 0) is 44.4 Å². The number of hydrogen-bond acceptors (Lipinski definition) is 4. The summed E-state index contributed by atoms with van der Waals surface area (Å²) in [7, 11) is 0. The Balaban J connectivity index is 1.34. The van der Waals surface area contributed by atoms with Crippen molar-refractivity contribution in [3.63, 3.8) is 0 Å². The zero-order chi connectivity index (χ0) is 17.8. The zero-order valence-corrected chi connectivity index (χ0v) is 15.2. The molecule has 0 amide bonds. The van der Waals surface area contributed by atoms with E-state index in [1.54, 1.807) is 18.2 Å². The molecule has 4 rings (SSSR count). The van der Waals surface area contributed by atoms with Crippen molar-refractivity contribution < 1.29 is 9.13 Å². The predicted molar refractivity (Wildman–Crippen MR) is 97.9 cm³/mol. The normalized spacial score (nSPS) is 21.2. The number of aromatic nitrogens is 3. The second-order valence-corrected chi connectivity index (χ2v) is 7.36. The molecule has 2 aliphatic rings. The van der Waals surface area contributed by atoms with E-state index in [0.29, 0.717) is 18.3 Å². The summed E-state index contributed by atoms with van der Waals surface area (Å²) in [4.78, 5) is 2.41. The lowest BCUT2D eigenvalue weighted by Crippen LogP contribution is -2.38. The van der Waals surface area contributed by atoms with E-state index in [0.717, 1.165) is 44.8 Å². The first-order valence-electron chi connectivity index (χ1n) is 9.83. The van der Waals surface area contributed by atoms with Crippen molar-refractivity contribution in [1.29, 1.82) is 0 Å². The summed E-state index contributed by atoms with van der Waals surface area (Å²) in [6.45, 7) is 4.43. The highest BCUT2D eigenvalue weighted by Crippen LogP contribution is 2.28. The fraction of sp³-hybridized carbons (Fsp3) is 0.600. The van der Waals surface area contributed by atoms with Gasteiger partial charge in [0, 0.05) is 32.0 Å². The van der Waals surface area contributed by atoms with Gasteiger partial charge in [-0.3, -0.25) is 4.90 Å². The molecule has 0 spiro atoms. The number of ether oxygens (including phenoxy) is 1. The summed E-state index contributed by atoms with van der Waals surface area (Å²) < 4.78 is 21.6. The molecule has 1 unspecified atom stereocenters. The van der Waals surface area contributed by atoms with Gasteiger partial charge in [0.1, 0.15) is 18.3 Å². The summed E-state index contributed by atoms with van der Waals surface area (Å²) >= 11 is 0. The second kappa shape index (κ2) is 8.16. The van der Waals surface area contributed by atoms with Crippen LogP contribution < -0.4 is 4.74 Å². The quantitative estimate of drug-likeness (QED) is 0.822. The fourth-order valence-electron chi connectivity index (χ4n) is 4.13. The number of hydrogen-bond donors (Lipinski definition) is 0. The molecule has 0 saturated carbocycles. The molecular formula is C20H27FN4O. The van der Waals surface area contributed by atoms with E-state index < -0.39 is 0 Å². The van der Waals surface area contributed by atoms with Crippen molar-refractivity contribution in [2.24, 2.45) is 0 Å². The minimum Gasteiger partial charge on any atom is -0.489 e. The predicted octanol–water partition coefficient (Wildman–Crippen LogP) is 3.40. The standard InChI is InChI=1S/C20H27FN4O/c21-17-8-3-4-9-18(17)26-14-13-24-11-6-7-16(15-24)20-23-22-19-10-2-1-5-12-25(19)20/h3-4,8-9,16H,1-2,5-7,10-15H2. The van der Waals surface area contributed by atoms with Gasteiger partial charge >= 0.3 is 0 Å². The molecule has 0 N–H and O–H groups in total. The van der Waals surface area contributed by atoms with Crippen LogP contribution in [-0.2, 0) is 13.0 Å². The molecule has 1 saturated heterocycles. The van der Waals surface area contributed by atoms with Crippen LogP contribution in [0.3, 0.4) is 0 Å². The van der Waals surface area contributed by atoms with Gasteiger partial charge in [0.25, 0.3) is 0 Å². The molecule has 26 heavy (non-hydrogen) atoms. The molecule has 1 aromatic carbocycles. The molecular weight excluding hydrogens is 331 g/mol. The van der Waals surface area contributed by atoms with Crippen LogP contribution in [0.5, 0.6) is 5.75 Å². The van der Waals surface area contributed by atoms with E-state index >= 15 is 0 Å². The minimum absolute atomic E-state index is 0.296. The lowest BCUT2D eigenvalue weighted by Gasteiger charge is -2.32. The van der Waals surface area contributed by atoms with Crippen LogP contribution in [0.2, 0.25) is 0 Å². The van der Waals surface area contributed by atoms with Crippen LogP contribution in [-0.4, -0.2) is 45.9 Å². The van der Waals surface area contributed by atoms with E-state index in [9.17, 15) is 4.39 Å². The first-order valence-corrected chi connectivity index (χ1v) is 9.83. The molecule has 0 radical (unpaired) electrons. The number of likely N-dealkylation sites (tertiary alicyclic amines) is 1. The number of aryl methyl sites for hydroxylation is 1. The van der Waals surface area contributed by atoms with Crippen molar-refractivity contribution in [2.75, 3.05) is 26.2 Å². The highest BCUT2D eigenvalue weighted by molar-refractivity contribution is 5.23. The Morgan fingerprint density at radius 2 is 2.00 bits per heavy atom. The summed E-state index contributed by atoms with van der Waals surface area (Å²) in [5.74, 6) is 2.81. The van der Waals surface area contributed by atoms with Crippen molar-refractivity contribution in [1.82, 2.24) is 19.7 Å². The average molecular weight is 358 g/mol. The van der Waals surface area contributed by atoms with E-state index in [1.165, 1.54) is 37.6 Å². The molecule has 2 aromatic rings. The largest absolute Gasteiger partial charge is 0.489 e. The Bertz CT molecular complexity index is 732. The molecule has 0 bridgehead atoms. The maximum absolute atomic E-state index is 13.6. The molecule has 1 atom stereocenters. The molecule has 1 fully saturated rings. The van der Waals surface area contributed by atoms with Gasteiger partial charge < -0.3 is 9.30 Å². The minimum atomic E-state index is -0.296. The molecule has 6 heteroatoms. The summed E-state index contributed by atoms with van der Waals surface area (Å²) in [5.41, 5.74) is 0. The first kappa shape index (κ1) is 17.5. The summed E-state index contributed by atoms with van der Waals surface area (Å²) in [6.07, 6.45) is 7.12. The molecule has 0 aliphatic carbocycles. The van der Waals surface area contributed by atoms with Crippen LogP contribution in [0, 0.1) is 5.82 Å². The molecule has 2 aliphatic heterocycles. The Kier molecular flexibility index (Phi) is 5.48. The van der Waals surface area contributed by atoms with Crippen molar-refractivity contribution in [3.05, 3.63) is 41.7 Å². The van der Waals surface area contributed by atoms with E-state index in [1.807, 2.05) is 0 Å². The molecule has 5 nitrogen and oxygen atoms in total. The van der Waals surface area contributed by atoms with E-state index in [4.69, 9.17) is 4.74 Å². The summed E-state index contributed by atoms with van der Waals surface area (Å²) in [6, 6.07) is 6.59. The molecule has 1 aromatic heterocycles. The van der Waals surface area contributed by atoms with Crippen molar-refractivity contribution >= 4 is 0 Å². The second-order valence-electron chi connectivity index (χ2n) is 7.36. The molecule has 140 valence electrons. The number of benzene rings is 1. The first-order chi connectivity index (χ1) is 12.8. The number of nitrogens with zero attached hydrogens (tertiary/aromatic N) is 4. The van der Waals surface area contributed by atoms with Crippen molar-refractivity contribution in [3.8, 4) is 5.75 Å². The summed E-state index contributed by atoms with van der Waals surface area (Å²) in [5, 5.41) is 9.00. The lowest BCUT2D eigenvalue weighted by atomic mass is 9.97. The molecule has 3 heterocycles. The van der Waals surface area contributed by atoms with Gasteiger partial charge in [0.05, 0.1) is 0 Å². The number of rotatable bonds is 5. The Morgan fingerprint density at radius 1 is 1.08 bits per heavy atom. The highest BCUT2D eigenvalue weighted by Gasteiger charge is 2.27. The van der Waals surface area contributed by atoms with Gasteiger partial charge in [-0.15, -0.1) is 10.2 Å². The van der Waals surface area contributed by atoms with Crippen LogP contribution in [0.4, 0.5) is 4.39 Å². The van der Waals surface area contributed by atoms with E-state index in [2.05, 4.69) is 19.7 Å². The SMILES string of the molecule is Fc1ccccc1OCCN1CCCC(c2nnc3n2CCCCC3)C1. The Labute approximate surface area is 154 Å². The third-order valence-electron chi connectivity index (χ3n) is 5.51. The smallest absolute Gasteiger partial charge is 0.165 e. The van der Waals surface area contributed by atoms with Gasteiger partial charge in [-0.1, -0.05) is 18.6 Å². The van der Waals surface area contributed by atoms with E-state index in [-0.39, 0.29) is 5.82 Å². The lowest BCUT2D eigenvalue weighted by molar-refractivity contribution is 0.164. The monoisotopic (exact) mass is 358 g/mol. The number of piperidine rings is 1. The van der Waals surface area contributed by atoms with Crippen LogP contribution in [0.1, 0.15) is 49.7 Å². The third-order valence-corrected chi connectivity index (χ3v) is 5.51. The number of para-hydroxylation sites is 1.